The van der Waals surface area contributed by atoms with Crippen LogP contribution in [-0.4, -0.2) is 14.8 Å². The average Bonchev–Trinajstić information content (AvgIpc) is 2.65. The maximum atomic E-state index is 4.09. The Bertz CT molecular complexity index is 436. The molecule has 0 unspecified atom stereocenters. The number of halogens is 1. The van der Waals surface area contributed by atoms with Gasteiger partial charge >= 0.3 is 0 Å². The first kappa shape index (κ1) is 9.40. The fraction of sp³-hybridized carbons (Fsp3) is 0.200. The Labute approximate surface area is 90.9 Å². The molecule has 0 N–H and O–H groups in total. The number of nitrogens with zero attached hydrogens (tertiary/aromatic N) is 3. The van der Waals surface area contributed by atoms with Gasteiger partial charge in [0, 0.05) is 16.6 Å². The van der Waals surface area contributed by atoms with Crippen molar-refractivity contribution in [1.82, 2.24) is 14.8 Å². The highest BCUT2D eigenvalue weighted by Crippen LogP contribution is 2.20. The van der Waals surface area contributed by atoms with Crippen molar-refractivity contribution in [3.8, 4) is 11.4 Å². The van der Waals surface area contributed by atoms with Crippen molar-refractivity contribution in [3.63, 3.8) is 0 Å². The number of hydrogen-bond acceptors (Lipinski definition) is 2. The van der Waals surface area contributed by atoms with E-state index in [1.54, 1.807) is 6.33 Å². The molecule has 2 aromatic rings. The van der Waals surface area contributed by atoms with Crippen molar-refractivity contribution in [2.75, 3.05) is 0 Å². The molecule has 0 saturated heterocycles. The van der Waals surface area contributed by atoms with Crippen LogP contribution in [0.5, 0.6) is 0 Å². The number of rotatable bonds is 2. The van der Waals surface area contributed by atoms with Gasteiger partial charge in [0.15, 0.2) is 5.82 Å². The zero-order chi connectivity index (χ0) is 9.97. The minimum atomic E-state index is 0.884. The van der Waals surface area contributed by atoms with Gasteiger partial charge in [-0.2, -0.15) is 0 Å². The Morgan fingerprint density at radius 2 is 2.29 bits per heavy atom. The number of benzene rings is 1. The third-order valence-corrected chi connectivity index (χ3v) is 2.53. The molecule has 0 fully saturated rings. The second-order valence-corrected chi connectivity index (χ2v) is 3.87. The Kier molecular flexibility index (Phi) is 2.63. The highest BCUT2D eigenvalue weighted by molar-refractivity contribution is 9.10. The molecule has 0 bridgehead atoms. The SMILES string of the molecule is CCn1cnnc1-c1cccc(Br)c1. The molecule has 0 aliphatic rings. The molecule has 0 aliphatic carbocycles. The summed E-state index contributed by atoms with van der Waals surface area (Å²) in [6.45, 7) is 2.96. The quantitative estimate of drug-likeness (QED) is 0.822. The minimum absolute atomic E-state index is 0.884. The zero-order valence-electron chi connectivity index (χ0n) is 7.81. The summed E-state index contributed by atoms with van der Waals surface area (Å²) in [4.78, 5) is 0. The average molecular weight is 252 g/mol. The summed E-state index contributed by atoms with van der Waals surface area (Å²) >= 11 is 3.44. The molecular weight excluding hydrogens is 242 g/mol. The lowest BCUT2D eigenvalue weighted by Gasteiger charge is -2.02. The summed E-state index contributed by atoms with van der Waals surface area (Å²) in [5.41, 5.74) is 1.08. The van der Waals surface area contributed by atoms with Gasteiger partial charge in [-0.25, -0.2) is 0 Å². The molecule has 1 aromatic heterocycles. The maximum absolute atomic E-state index is 4.09. The predicted octanol–water partition coefficient (Wildman–Crippen LogP) is 2.73. The van der Waals surface area contributed by atoms with E-state index in [1.165, 1.54) is 0 Å². The second-order valence-electron chi connectivity index (χ2n) is 2.95. The summed E-state index contributed by atoms with van der Waals surface area (Å²) in [5, 5.41) is 7.99. The lowest BCUT2D eigenvalue weighted by Crippen LogP contribution is -1.95. The van der Waals surface area contributed by atoms with Crippen LogP contribution in [0.2, 0.25) is 0 Å². The van der Waals surface area contributed by atoms with Crippen molar-refractivity contribution >= 4 is 15.9 Å². The summed E-state index contributed by atoms with van der Waals surface area (Å²) in [7, 11) is 0. The van der Waals surface area contributed by atoms with E-state index in [2.05, 4.69) is 33.1 Å². The Balaban J connectivity index is 2.49. The molecule has 1 aromatic carbocycles. The molecule has 0 spiro atoms. The van der Waals surface area contributed by atoms with Gasteiger partial charge < -0.3 is 4.57 Å². The lowest BCUT2D eigenvalue weighted by atomic mass is 10.2. The molecule has 0 radical (unpaired) electrons. The Morgan fingerprint density at radius 3 is 3.00 bits per heavy atom. The molecular formula is C10H10BrN3. The predicted molar refractivity (Wildman–Crippen MR) is 58.8 cm³/mol. The van der Waals surface area contributed by atoms with Crippen molar-refractivity contribution in [2.45, 2.75) is 13.5 Å². The summed E-state index contributed by atoms with van der Waals surface area (Å²) in [6, 6.07) is 8.06. The lowest BCUT2D eigenvalue weighted by molar-refractivity contribution is 0.767. The zero-order valence-corrected chi connectivity index (χ0v) is 9.40. The van der Waals surface area contributed by atoms with E-state index in [1.807, 2.05) is 28.8 Å². The van der Waals surface area contributed by atoms with Gasteiger partial charge in [-0.3, -0.25) is 0 Å². The van der Waals surface area contributed by atoms with Gasteiger partial charge in [-0.05, 0) is 19.1 Å². The van der Waals surface area contributed by atoms with Crippen LogP contribution in [0.15, 0.2) is 35.1 Å². The molecule has 72 valence electrons. The van der Waals surface area contributed by atoms with Gasteiger partial charge in [0.25, 0.3) is 0 Å². The van der Waals surface area contributed by atoms with Gasteiger partial charge in [-0.1, -0.05) is 28.1 Å². The van der Waals surface area contributed by atoms with E-state index in [9.17, 15) is 0 Å². The van der Waals surface area contributed by atoms with Gasteiger partial charge in [0.05, 0.1) is 0 Å². The van der Waals surface area contributed by atoms with E-state index in [-0.39, 0.29) is 0 Å². The third-order valence-electron chi connectivity index (χ3n) is 2.04. The third kappa shape index (κ3) is 1.70. The van der Waals surface area contributed by atoms with Crippen LogP contribution < -0.4 is 0 Å². The summed E-state index contributed by atoms with van der Waals surface area (Å²) < 4.78 is 3.07. The topological polar surface area (TPSA) is 30.7 Å². The first-order chi connectivity index (χ1) is 6.81. The summed E-state index contributed by atoms with van der Waals surface area (Å²) in [5.74, 6) is 0.911. The normalized spacial score (nSPS) is 10.4. The van der Waals surface area contributed by atoms with Crippen LogP contribution in [-0.2, 0) is 6.54 Å². The van der Waals surface area contributed by atoms with Crippen LogP contribution in [0, 0.1) is 0 Å². The van der Waals surface area contributed by atoms with Crippen LogP contribution in [0.4, 0.5) is 0 Å². The fourth-order valence-corrected chi connectivity index (χ4v) is 1.74. The van der Waals surface area contributed by atoms with Crippen LogP contribution in [0.1, 0.15) is 6.92 Å². The first-order valence-corrected chi connectivity index (χ1v) is 5.24. The van der Waals surface area contributed by atoms with E-state index in [0.717, 1.165) is 22.4 Å². The molecule has 14 heavy (non-hydrogen) atoms. The van der Waals surface area contributed by atoms with Gasteiger partial charge in [0.1, 0.15) is 6.33 Å². The van der Waals surface area contributed by atoms with Crippen molar-refractivity contribution in [2.24, 2.45) is 0 Å². The molecule has 0 aliphatic heterocycles. The van der Waals surface area contributed by atoms with E-state index >= 15 is 0 Å². The van der Waals surface area contributed by atoms with Crippen LogP contribution >= 0.6 is 15.9 Å². The molecule has 4 heteroatoms. The Morgan fingerprint density at radius 1 is 1.43 bits per heavy atom. The fourth-order valence-electron chi connectivity index (χ4n) is 1.34. The van der Waals surface area contributed by atoms with E-state index < -0.39 is 0 Å². The number of aryl methyl sites for hydroxylation is 1. The molecule has 0 atom stereocenters. The molecule has 3 nitrogen and oxygen atoms in total. The van der Waals surface area contributed by atoms with Gasteiger partial charge in [-0.15, -0.1) is 10.2 Å². The highest BCUT2D eigenvalue weighted by Gasteiger charge is 2.05. The second kappa shape index (κ2) is 3.92. The molecule has 0 saturated carbocycles. The highest BCUT2D eigenvalue weighted by atomic mass is 79.9. The maximum Gasteiger partial charge on any atom is 0.163 e. The van der Waals surface area contributed by atoms with Crippen LogP contribution in [0.25, 0.3) is 11.4 Å². The van der Waals surface area contributed by atoms with Gasteiger partial charge in [0.2, 0.25) is 0 Å². The molecule has 1 heterocycles. The summed E-state index contributed by atoms with van der Waals surface area (Å²) in [6.07, 6.45) is 1.75. The van der Waals surface area contributed by atoms with Crippen LogP contribution in [0.3, 0.4) is 0 Å². The van der Waals surface area contributed by atoms with E-state index in [4.69, 9.17) is 0 Å². The minimum Gasteiger partial charge on any atom is -0.314 e. The monoisotopic (exact) mass is 251 g/mol. The van der Waals surface area contributed by atoms with E-state index in [0.29, 0.717) is 0 Å². The smallest absolute Gasteiger partial charge is 0.163 e. The standard InChI is InChI=1S/C10H10BrN3/c1-2-14-7-12-13-10(14)8-4-3-5-9(11)6-8/h3-7H,2H2,1H3. The molecule has 0 amide bonds. The van der Waals surface area contributed by atoms with Crippen molar-refractivity contribution in [3.05, 3.63) is 35.1 Å². The van der Waals surface area contributed by atoms with Crippen molar-refractivity contribution in [1.29, 1.82) is 0 Å². The number of aromatic nitrogens is 3. The molecule has 2 rings (SSSR count). The first-order valence-electron chi connectivity index (χ1n) is 4.45. The van der Waals surface area contributed by atoms with Crippen molar-refractivity contribution < 1.29 is 0 Å². The largest absolute Gasteiger partial charge is 0.314 e. The number of hydrogen-bond donors (Lipinski definition) is 0. The Hall–Kier alpha value is -1.16.